The monoisotopic (exact) mass is 1270 g/mol. The first-order valence-electron chi connectivity index (χ1n) is 34.0. The Kier molecular flexibility index (Phi) is 43.1. The highest BCUT2D eigenvalue weighted by molar-refractivity contribution is 7.11. The molecule has 0 saturated heterocycles. The van der Waals surface area contributed by atoms with E-state index in [0.717, 1.165) is 71.4 Å². The third-order valence-electron chi connectivity index (χ3n) is 14.8. The van der Waals surface area contributed by atoms with E-state index in [1.54, 1.807) is 11.3 Å². The molecule has 9 nitrogen and oxygen atoms in total. The van der Waals surface area contributed by atoms with Gasteiger partial charge in [0.1, 0.15) is 16.7 Å². The number of rotatable bonds is 18. The van der Waals surface area contributed by atoms with Crippen molar-refractivity contribution < 1.29 is 0 Å². The zero-order chi connectivity index (χ0) is 66.9. The first-order valence-corrected chi connectivity index (χ1v) is 36.5. The summed E-state index contributed by atoms with van der Waals surface area (Å²) in [7, 11) is 0. The lowest BCUT2D eigenvalue weighted by Gasteiger charge is -2.38. The van der Waals surface area contributed by atoms with E-state index in [2.05, 4.69) is 244 Å². The van der Waals surface area contributed by atoms with Gasteiger partial charge in [-0.1, -0.05) is 227 Å². The Morgan fingerprint density at radius 1 is 0.472 bits per heavy atom. The maximum Gasteiger partial charge on any atom is 0.142 e. The highest BCUT2D eigenvalue weighted by Crippen LogP contribution is 2.44. The van der Waals surface area contributed by atoms with Gasteiger partial charge in [0.2, 0.25) is 0 Å². The molecule has 0 N–H and O–H groups in total. The van der Waals surface area contributed by atoms with E-state index >= 15 is 0 Å². The summed E-state index contributed by atoms with van der Waals surface area (Å²) in [6.07, 6.45) is 36.5. The molecule has 7 aromatic rings. The van der Waals surface area contributed by atoms with Crippen molar-refractivity contribution >= 4 is 46.4 Å². The minimum absolute atomic E-state index is 0.407. The minimum Gasteiger partial charge on any atom is -0.261 e. The average molecular weight is 1270 g/mol. The number of pyridine rings is 3. The number of allylic oxidation sites excluding steroid dienone is 2. The second-order valence-corrected chi connectivity index (χ2v) is 28.5. The highest BCUT2D eigenvalue weighted by atomic mass is 32.1. The molecule has 0 amide bonds. The van der Waals surface area contributed by atoms with Gasteiger partial charge in [-0.3, -0.25) is 15.0 Å². The van der Waals surface area contributed by atoms with Gasteiger partial charge in [0.15, 0.2) is 0 Å². The van der Waals surface area contributed by atoms with Crippen molar-refractivity contribution in [3.05, 3.63) is 168 Å². The molecule has 1 fully saturated rings. The molecular formula is C77H123N9S3. The van der Waals surface area contributed by atoms with E-state index in [4.69, 9.17) is 0 Å². The van der Waals surface area contributed by atoms with Crippen LogP contribution in [0.2, 0.25) is 0 Å². The molecule has 7 heterocycles. The zero-order valence-corrected chi connectivity index (χ0v) is 62.8. The second-order valence-electron chi connectivity index (χ2n) is 25.7. The number of nitrogens with zero attached hydrogens (tertiary/aromatic N) is 9. The summed E-state index contributed by atoms with van der Waals surface area (Å²) in [6.45, 7) is 52.0. The molecule has 0 aromatic carbocycles. The molecule has 0 atom stereocenters. The Balaban J connectivity index is 0.000000509. The predicted molar refractivity (Wildman–Crippen MR) is 394 cm³/mol. The molecule has 12 heteroatoms. The smallest absolute Gasteiger partial charge is 0.142 e. The second kappa shape index (κ2) is 46.8. The molecule has 1 aliphatic rings. The van der Waals surface area contributed by atoms with E-state index in [1.165, 1.54) is 112 Å². The van der Waals surface area contributed by atoms with Crippen LogP contribution < -0.4 is 0 Å². The third-order valence-corrected chi connectivity index (χ3v) is 18.5. The first kappa shape index (κ1) is 81.8. The van der Waals surface area contributed by atoms with Crippen molar-refractivity contribution in [2.45, 2.75) is 291 Å². The number of hydrogen-bond donors (Lipinski definition) is 0. The molecule has 89 heavy (non-hydrogen) atoms. The molecule has 7 aromatic heterocycles. The molecule has 0 radical (unpaired) electrons. The van der Waals surface area contributed by atoms with E-state index < -0.39 is 0 Å². The van der Waals surface area contributed by atoms with E-state index in [-0.39, 0.29) is 0 Å². The van der Waals surface area contributed by atoms with E-state index in [0.29, 0.717) is 41.4 Å². The SMILES string of the molecule is C/C=C/c1ccc(C(C)C)nc1.C/C=C/c1cnc(C(C)C)nc1.CCC1(CC(C)C)CCCCC1.CCCc1ccc(C(C)C)nc1.CCc1ccc(C(C)C)nc1.CCc1cnc(C(C)C)s1.CCc1csc(C(C)C)n1.CCc1nsc(C(C)C)n1. The molecule has 494 valence electrons. The Hall–Kier alpha value is -5.17. The number of aromatic nitrogens is 9. The molecule has 8 rings (SSSR count). The van der Waals surface area contributed by atoms with Crippen molar-refractivity contribution in [2.75, 3.05) is 0 Å². The van der Waals surface area contributed by atoms with Crippen LogP contribution in [-0.2, 0) is 32.1 Å². The minimum atomic E-state index is 0.407. The van der Waals surface area contributed by atoms with Gasteiger partial charge in [-0.25, -0.2) is 24.9 Å². The average Bonchev–Trinajstić information content (AvgIpc) is 4.54. The molecule has 0 spiro atoms. The summed E-state index contributed by atoms with van der Waals surface area (Å²) in [5.41, 5.74) is 10.4. The van der Waals surface area contributed by atoms with Gasteiger partial charge in [0, 0.05) is 100 Å². The van der Waals surface area contributed by atoms with Gasteiger partial charge in [-0.15, -0.1) is 22.7 Å². The largest absolute Gasteiger partial charge is 0.261 e. The van der Waals surface area contributed by atoms with Gasteiger partial charge < -0.3 is 0 Å². The Morgan fingerprint density at radius 2 is 0.989 bits per heavy atom. The third kappa shape index (κ3) is 34.7. The Morgan fingerprint density at radius 3 is 1.33 bits per heavy atom. The summed E-state index contributed by atoms with van der Waals surface area (Å²) in [6, 6.07) is 12.8. The Labute approximate surface area is 557 Å². The van der Waals surface area contributed by atoms with Crippen molar-refractivity contribution in [2.24, 2.45) is 11.3 Å². The lowest BCUT2D eigenvalue weighted by Crippen LogP contribution is -2.25. The molecule has 1 aliphatic carbocycles. The van der Waals surface area contributed by atoms with Gasteiger partial charge in [-0.05, 0) is 134 Å². The quantitative estimate of drug-likeness (QED) is 0.0828. The fourth-order valence-corrected chi connectivity index (χ4v) is 11.7. The number of thiazole rings is 2. The van der Waals surface area contributed by atoms with Gasteiger partial charge in [-0.2, -0.15) is 4.37 Å². The van der Waals surface area contributed by atoms with E-state index in [1.807, 2.05) is 80.6 Å². The molecule has 0 aliphatic heterocycles. The van der Waals surface area contributed by atoms with Crippen LogP contribution in [0.5, 0.6) is 0 Å². The highest BCUT2D eigenvalue weighted by Gasteiger charge is 2.30. The van der Waals surface area contributed by atoms with Crippen LogP contribution in [0.3, 0.4) is 0 Å². The van der Waals surface area contributed by atoms with Gasteiger partial charge in [0.05, 0.1) is 15.7 Å². The Bertz CT molecular complexity index is 2690. The molecule has 0 bridgehead atoms. The summed E-state index contributed by atoms with van der Waals surface area (Å²) < 4.78 is 4.19. The fraction of sp³-hybridized carbons (Fsp3) is 0.597. The summed E-state index contributed by atoms with van der Waals surface area (Å²) in [5.74, 6) is 6.49. The maximum absolute atomic E-state index is 4.45. The maximum atomic E-state index is 4.45. The molecular weight excluding hydrogens is 1150 g/mol. The van der Waals surface area contributed by atoms with Crippen LogP contribution in [0.4, 0.5) is 0 Å². The van der Waals surface area contributed by atoms with Gasteiger partial charge >= 0.3 is 0 Å². The zero-order valence-electron chi connectivity index (χ0n) is 60.4. The molecule has 1 saturated carbocycles. The van der Waals surface area contributed by atoms with Crippen molar-refractivity contribution in [1.29, 1.82) is 0 Å². The lowest BCUT2D eigenvalue weighted by atomic mass is 9.68. The number of aryl methyl sites for hydroxylation is 5. The van der Waals surface area contributed by atoms with Crippen LogP contribution in [0.25, 0.3) is 12.2 Å². The van der Waals surface area contributed by atoms with Crippen LogP contribution in [0, 0.1) is 11.3 Å². The predicted octanol–water partition coefficient (Wildman–Crippen LogP) is 24.1. The standard InChI is InChI=1S/C12H24.C11H17N.C11H15N.C10H14N2.C10H15N.2C8H13NS.C7H12N2S/c1-4-12(10-11(2)3)8-6-5-7-9-12;2*1-4-5-10-6-7-11(9(2)3)12-8-10;1-4-5-9-6-11-10(8(2)3)12-7-9;1-4-9-5-6-10(8(2)3)11-7-9;1-4-7-5-10-8(9-7)6(2)3;1-4-7-5-9-8(10-7)6(2)3;1-4-6-8-7(5(2)3)10-9-6/h11H,4-10H2,1-3H3;6-9H,4-5H2,1-3H3;4-9H,1-3H3;4-8H,1-3H3;5-8H,4H2,1-3H3;2*5-6H,4H2,1-3H3;5H,4H2,1-3H3/b;;2*5-4+;;;;. The lowest BCUT2D eigenvalue weighted by molar-refractivity contribution is 0.143. The van der Waals surface area contributed by atoms with Crippen LogP contribution in [-0.4, -0.2) is 44.2 Å². The fourth-order valence-electron chi connectivity index (χ4n) is 9.19. The van der Waals surface area contributed by atoms with Crippen LogP contribution in [0.15, 0.2) is 91.1 Å². The summed E-state index contributed by atoms with van der Waals surface area (Å²) >= 11 is 5.12. The normalized spacial score (nSPS) is 12.5. The molecule has 0 unspecified atom stereocenters. The van der Waals surface area contributed by atoms with Crippen molar-refractivity contribution in [3.8, 4) is 0 Å². The van der Waals surface area contributed by atoms with Crippen LogP contribution >= 0.6 is 34.2 Å². The first-order chi connectivity index (χ1) is 42.3. The summed E-state index contributed by atoms with van der Waals surface area (Å²) in [4.78, 5) is 36.0. The van der Waals surface area contributed by atoms with Gasteiger partial charge in [0.25, 0.3) is 0 Å². The topological polar surface area (TPSA) is 116 Å². The van der Waals surface area contributed by atoms with Crippen molar-refractivity contribution in [3.63, 3.8) is 0 Å². The van der Waals surface area contributed by atoms with Crippen LogP contribution in [0.1, 0.15) is 336 Å². The van der Waals surface area contributed by atoms with Crippen molar-refractivity contribution in [1.82, 2.24) is 44.2 Å². The number of hydrogen-bond acceptors (Lipinski definition) is 12. The summed E-state index contributed by atoms with van der Waals surface area (Å²) in [5, 5.41) is 5.82. The van der Waals surface area contributed by atoms with E-state index in [9.17, 15) is 0 Å².